The summed E-state index contributed by atoms with van der Waals surface area (Å²) in [5.74, 6) is 1.37. The minimum atomic E-state index is -0.911. The standard InChI is InChI=1S/C25H24ClN3O2/c1-29-22(16-17-6-4-3-5-7-17)23(18-10-14-21(31-2)15-11-18)27-25(29)28-24(30)19-8-12-20(26)13-9-19/h3-15,24,30H,16H2,1-2H3,(H,27,28). The quantitative estimate of drug-likeness (QED) is 0.381. The lowest BCUT2D eigenvalue weighted by molar-refractivity contribution is 0.206. The average molecular weight is 434 g/mol. The maximum Gasteiger partial charge on any atom is 0.205 e. The molecule has 6 heteroatoms. The van der Waals surface area contributed by atoms with Crippen LogP contribution in [0.3, 0.4) is 0 Å². The van der Waals surface area contributed by atoms with Crippen molar-refractivity contribution >= 4 is 17.5 Å². The summed E-state index contributed by atoms with van der Waals surface area (Å²) in [4.78, 5) is 4.84. The Labute approximate surface area is 186 Å². The van der Waals surface area contributed by atoms with Gasteiger partial charge < -0.3 is 19.7 Å². The van der Waals surface area contributed by atoms with Crippen LogP contribution >= 0.6 is 11.6 Å². The second-order valence-corrected chi connectivity index (χ2v) is 7.72. The van der Waals surface area contributed by atoms with Crippen LogP contribution in [0.4, 0.5) is 5.95 Å². The van der Waals surface area contributed by atoms with Gasteiger partial charge in [0, 0.05) is 29.6 Å². The van der Waals surface area contributed by atoms with E-state index in [0.29, 0.717) is 23.0 Å². The minimum absolute atomic E-state index is 0.583. The second-order valence-electron chi connectivity index (χ2n) is 7.28. The highest BCUT2D eigenvalue weighted by Gasteiger charge is 2.19. The fourth-order valence-corrected chi connectivity index (χ4v) is 3.61. The van der Waals surface area contributed by atoms with Gasteiger partial charge in [0.25, 0.3) is 0 Å². The summed E-state index contributed by atoms with van der Waals surface area (Å²) in [5, 5.41) is 14.4. The van der Waals surface area contributed by atoms with Gasteiger partial charge >= 0.3 is 0 Å². The molecule has 0 radical (unpaired) electrons. The zero-order chi connectivity index (χ0) is 21.8. The first kappa shape index (κ1) is 21.0. The van der Waals surface area contributed by atoms with Crippen LogP contribution in [0.1, 0.15) is 23.0 Å². The first-order valence-corrected chi connectivity index (χ1v) is 10.4. The number of aliphatic hydroxyl groups excluding tert-OH is 1. The fourth-order valence-electron chi connectivity index (χ4n) is 3.48. The number of nitrogens with one attached hydrogen (secondary N) is 1. The van der Waals surface area contributed by atoms with Gasteiger partial charge in [0.15, 0.2) is 6.23 Å². The molecule has 1 unspecified atom stereocenters. The fraction of sp³-hybridized carbons (Fsp3) is 0.160. The van der Waals surface area contributed by atoms with Crippen molar-refractivity contribution in [3.63, 3.8) is 0 Å². The Morgan fingerprint density at radius 3 is 2.32 bits per heavy atom. The number of imidazole rings is 1. The molecule has 158 valence electrons. The Morgan fingerprint density at radius 1 is 1.00 bits per heavy atom. The Bertz CT molecular complexity index is 1140. The first-order valence-electron chi connectivity index (χ1n) is 9.99. The summed E-state index contributed by atoms with van der Waals surface area (Å²) >= 11 is 5.96. The van der Waals surface area contributed by atoms with E-state index in [0.717, 1.165) is 22.7 Å². The van der Waals surface area contributed by atoms with Gasteiger partial charge in [0.2, 0.25) is 5.95 Å². The number of anilines is 1. The van der Waals surface area contributed by atoms with Gasteiger partial charge in [-0.2, -0.15) is 0 Å². The highest BCUT2D eigenvalue weighted by Crippen LogP contribution is 2.30. The molecule has 0 amide bonds. The zero-order valence-corrected chi connectivity index (χ0v) is 18.2. The second kappa shape index (κ2) is 9.25. The summed E-state index contributed by atoms with van der Waals surface area (Å²) in [6, 6.07) is 25.2. The van der Waals surface area contributed by atoms with Crippen molar-refractivity contribution < 1.29 is 9.84 Å². The summed E-state index contributed by atoms with van der Waals surface area (Å²) < 4.78 is 7.28. The van der Waals surface area contributed by atoms with E-state index in [-0.39, 0.29) is 0 Å². The summed E-state index contributed by atoms with van der Waals surface area (Å²) in [5.41, 5.74) is 4.78. The van der Waals surface area contributed by atoms with Crippen molar-refractivity contribution in [2.24, 2.45) is 7.05 Å². The highest BCUT2D eigenvalue weighted by atomic mass is 35.5. The molecule has 0 fully saturated rings. The van der Waals surface area contributed by atoms with E-state index in [4.69, 9.17) is 21.3 Å². The lowest BCUT2D eigenvalue weighted by atomic mass is 10.0. The molecule has 0 spiro atoms. The van der Waals surface area contributed by atoms with Crippen molar-refractivity contribution in [2.45, 2.75) is 12.6 Å². The summed E-state index contributed by atoms with van der Waals surface area (Å²) in [6.07, 6.45) is -0.198. The van der Waals surface area contributed by atoms with Crippen LogP contribution in [0.2, 0.25) is 5.02 Å². The predicted molar refractivity (Wildman–Crippen MR) is 124 cm³/mol. The molecule has 1 aromatic heterocycles. The van der Waals surface area contributed by atoms with Crippen LogP contribution in [0.25, 0.3) is 11.3 Å². The maximum atomic E-state index is 10.7. The van der Waals surface area contributed by atoms with Crippen molar-refractivity contribution in [3.8, 4) is 17.0 Å². The van der Waals surface area contributed by atoms with Gasteiger partial charge in [-0.1, -0.05) is 54.1 Å². The number of nitrogens with zero attached hydrogens (tertiary/aromatic N) is 2. The molecule has 0 bridgehead atoms. The molecule has 1 heterocycles. The summed E-state index contributed by atoms with van der Waals surface area (Å²) in [6.45, 7) is 0. The Kier molecular flexibility index (Phi) is 6.26. The minimum Gasteiger partial charge on any atom is -0.497 e. The average Bonchev–Trinajstić information content (AvgIpc) is 3.10. The highest BCUT2D eigenvalue weighted by molar-refractivity contribution is 6.30. The molecular weight excluding hydrogens is 410 g/mol. The number of halogens is 1. The monoisotopic (exact) mass is 433 g/mol. The molecule has 0 aliphatic rings. The van der Waals surface area contributed by atoms with Crippen LogP contribution in [0.5, 0.6) is 5.75 Å². The number of hydrogen-bond donors (Lipinski definition) is 2. The van der Waals surface area contributed by atoms with Gasteiger partial charge in [-0.15, -0.1) is 0 Å². The molecule has 2 N–H and O–H groups in total. The van der Waals surface area contributed by atoms with E-state index in [1.165, 1.54) is 5.56 Å². The van der Waals surface area contributed by atoms with Gasteiger partial charge in [0.05, 0.1) is 18.5 Å². The third kappa shape index (κ3) is 4.74. The van der Waals surface area contributed by atoms with Gasteiger partial charge in [-0.25, -0.2) is 4.98 Å². The lowest BCUT2D eigenvalue weighted by Crippen LogP contribution is -2.13. The molecule has 1 atom stereocenters. The molecule has 0 aliphatic carbocycles. The Morgan fingerprint density at radius 2 is 1.68 bits per heavy atom. The molecule has 0 saturated carbocycles. The number of aliphatic hydroxyl groups is 1. The van der Waals surface area contributed by atoms with Gasteiger partial charge in [-0.3, -0.25) is 0 Å². The molecule has 4 rings (SSSR count). The summed E-state index contributed by atoms with van der Waals surface area (Å²) in [7, 11) is 3.60. The smallest absolute Gasteiger partial charge is 0.205 e. The molecule has 3 aromatic carbocycles. The van der Waals surface area contributed by atoms with Crippen molar-refractivity contribution in [1.82, 2.24) is 9.55 Å². The number of rotatable bonds is 7. The van der Waals surface area contributed by atoms with Crippen LogP contribution < -0.4 is 10.1 Å². The number of methoxy groups -OCH3 is 1. The van der Waals surface area contributed by atoms with Crippen LogP contribution in [-0.2, 0) is 13.5 Å². The van der Waals surface area contributed by atoms with Crippen molar-refractivity contribution in [3.05, 3.63) is 101 Å². The SMILES string of the molecule is COc1ccc(-c2nc(NC(O)c3ccc(Cl)cc3)n(C)c2Cc2ccccc2)cc1. The maximum absolute atomic E-state index is 10.7. The lowest BCUT2D eigenvalue weighted by Gasteiger charge is -2.14. The first-order chi connectivity index (χ1) is 15.0. The molecule has 0 aliphatic heterocycles. The number of ether oxygens (including phenoxy) is 1. The van der Waals surface area contributed by atoms with Crippen LogP contribution in [0.15, 0.2) is 78.9 Å². The molecule has 4 aromatic rings. The Hall–Kier alpha value is -3.28. The number of benzene rings is 3. The molecule has 5 nitrogen and oxygen atoms in total. The van der Waals surface area contributed by atoms with Gasteiger partial charge in [-0.05, 0) is 42.0 Å². The van der Waals surface area contributed by atoms with E-state index < -0.39 is 6.23 Å². The van der Waals surface area contributed by atoms with Crippen molar-refractivity contribution in [1.29, 1.82) is 0 Å². The van der Waals surface area contributed by atoms with E-state index in [9.17, 15) is 5.11 Å². The zero-order valence-electron chi connectivity index (χ0n) is 17.4. The number of hydrogen-bond acceptors (Lipinski definition) is 4. The van der Waals surface area contributed by atoms with E-state index >= 15 is 0 Å². The topological polar surface area (TPSA) is 59.3 Å². The number of aromatic nitrogens is 2. The van der Waals surface area contributed by atoms with Crippen LogP contribution in [0, 0.1) is 0 Å². The van der Waals surface area contributed by atoms with Gasteiger partial charge in [0.1, 0.15) is 5.75 Å². The van der Waals surface area contributed by atoms with E-state index in [1.54, 1.807) is 31.4 Å². The predicted octanol–water partition coefficient (Wildman–Crippen LogP) is 5.44. The third-order valence-corrected chi connectivity index (χ3v) is 5.50. The Balaban J connectivity index is 1.70. The normalized spacial score (nSPS) is 11.9. The third-order valence-electron chi connectivity index (χ3n) is 5.24. The van der Waals surface area contributed by atoms with Crippen molar-refractivity contribution in [2.75, 3.05) is 12.4 Å². The van der Waals surface area contributed by atoms with E-state index in [2.05, 4.69) is 17.4 Å². The molecular formula is C25H24ClN3O2. The van der Waals surface area contributed by atoms with Crippen LogP contribution in [-0.4, -0.2) is 21.8 Å². The largest absolute Gasteiger partial charge is 0.497 e. The molecule has 31 heavy (non-hydrogen) atoms. The van der Waals surface area contributed by atoms with E-state index in [1.807, 2.05) is 54.1 Å². The molecule has 0 saturated heterocycles.